The summed E-state index contributed by atoms with van der Waals surface area (Å²) in [6.07, 6.45) is 2.30. The summed E-state index contributed by atoms with van der Waals surface area (Å²) in [7, 11) is -3.67. The molecule has 2 aliphatic heterocycles. The van der Waals surface area contributed by atoms with Gasteiger partial charge in [0.2, 0.25) is 10.0 Å². The van der Waals surface area contributed by atoms with Crippen molar-refractivity contribution < 1.29 is 17.9 Å². The highest BCUT2D eigenvalue weighted by Gasteiger charge is 2.31. The second kappa shape index (κ2) is 9.73. The summed E-state index contributed by atoms with van der Waals surface area (Å²) in [5.74, 6) is 0.241. The van der Waals surface area contributed by atoms with Gasteiger partial charge in [0.05, 0.1) is 33.3 Å². The first kappa shape index (κ1) is 23.4. The van der Waals surface area contributed by atoms with E-state index in [-0.39, 0.29) is 10.8 Å². The third-order valence-electron chi connectivity index (χ3n) is 6.72. The minimum Gasteiger partial charge on any atom is -0.379 e. The van der Waals surface area contributed by atoms with Gasteiger partial charge in [-0.25, -0.2) is 13.4 Å². The van der Waals surface area contributed by atoms with E-state index in [0.717, 1.165) is 28.9 Å². The fraction of sp³-hybridized carbons (Fsp3) is 0.440. The van der Waals surface area contributed by atoms with Crippen molar-refractivity contribution in [1.82, 2.24) is 14.2 Å². The Kier molecular flexibility index (Phi) is 6.70. The molecule has 2 aliphatic rings. The number of carbonyl (C=O) groups is 1. The molecule has 0 N–H and O–H groups in total. The predicted molar refractivity (Wildman–Crippen MR) is 133 cm³/mol. The van der Waals surface area contributed by atoms with Gasteiger partial charge in [0, 0.05) is 37.7 Å². The number of morpholine rings is 1. The summed E-state index contributed by atoms with van der Waals surface area (Å²) in [6, 6.07) is 13.3. The Bertz CT molecular complexity index is 1260. The highest BCUT2D eigenvalue weighted by atomic mass is 32.2. The molecule has 180 valence electrons. The van der Waals surface area contributed by atoms with E-state index in [2.05, 4.69) is 6.07 Å². The lowest BCUT2D eigenvalue weighted by molar-refractivity contribution is 0.0711. The number of aryl methyl sites for hydroxylation is 1. The van der Waals surface area contributed by atoms with Crippen molar-refractivity contribution in [3.63, 3.8) is 0 Å². The maximum absolute atomic E-state index is 13.3. The number of nitrogens with zero attached hydrogens (tertiary/aromatic N) is 3. The van der Waals surface area contributed by atoms with E-state index in [1.165, 1.54) is 9.01 Å². The van der Waals surface area contributed by atoms with Crippen molar-refractivity contribution in [2.45, 2.75) is 37.0 Å². The van der Waals surface area contributed by atoms with E-state index in [0.29, 0.717) is 57.3 Å². The Morgan fingerprint density at radius 2 is 1.82 bits per heavy atom. The van der Waals surface area contributed by atoms with Crippen LogP contribution in [0.2, 0.25) is 0 Å². The molecule has 3 aromatic rings. The van der Waals surface area contributed by atoms with E-state index in [1.807, 2.05) is 30.0 Å². The number of amides is 1. The van der Waals surface area contributed by atoms with Crippen LogP contribution in [0.15, 0.2) is 47.4 Å². The first-order chi connectivity index (χ1) is 16.5. The maximum Gasteiger partial charge on any atom is 0.253 e. The molecule has 0 spiro atoms. The second-order valence-corrected chi connectivity index (χ2v) is 11.7. The largest absolute Gasteiger partial charge is 0.379 e. The molecular formula is C25H29N3O4S2. The predicted octanol–water partition coefficient (Wildman–Crippen LogP) is 3.90. The van der Waals surface area contributed by atoms with Gasteiger partial charge in [-0.05, 0) is 49.1 Å². The number of para-hydroxylation sites is 1. The van der Waals surface area contributed by atoms with Gasteiger partial charge in [0.1, 0.15) is 0 Å². The lowest BCUT2D eigenvalue weighted by atomic mass is 9.97. The molecule has 34 heavy (non-hydrogen) atoms. The Morgan fingerprint density at radius 1 is 1.09 bits per heavy atom. The van der Waals surface area contributed by atoms with Crippen molar-refractivity contribution in [1.29, 1.82) is 0 Å². The van der Waals surface area contributed by atoms with Gasteiger partial charge in [0.15, 0.2) is 0 Å². The van der Waals surface area contributed by atoms with Crippen LogP contribution in [0.3, 0.4) is 0 Å². The molecule has 1 amide bonds. The molecule has 3 heterocycles. The van der Waals surface area contributed by atoms with Crippen LogP contribution in [0.1, 0.15) is 46.6 Å². The summed E-state index contributed by atoms with van der Waals surface area (Å²) < 4.78 is 34.6. The highest BCUT2D eigenvalue weighted by molar-refractivity contribution is 7.89. The lowest BCUT2D eigenvalue weighted by Gasteiger charge is -2.31. The monoisotopic (exact) mass is 499 g/mol. The van der Waals surface area contributed by atoms with Crippen molar-refractivity contribution in [2.24, 2.45) is 0 Å². The number of aromatic nitrogens is 1. The molecule has 7 nitrogen and oxygen atoms in total. The average molecular weight is 500 g/mol. The van der Waals surface area contributed by atoms with Gasteiger partial charge in [-0.3, -0.25) is 4.79 Å². The number of sulfonamides is 1. The number of piperidine rings is 1. The molecule has 1 aromatic heterocycles. The number of benzene rings is 2. The summed E-state index contributed by atoms with van der Waals surface area (Å²) in [4.78, 5) is 20.2. The van der Waals surface area contributed by atoms with Crippen LogP contribution in [0.25, 0.3) is 10.2 Å². The molecule has 2 fully saturated rings. The Labute approximate surface area is 204 Å². The van der Waals surface area contributed by atoms with Gasteiger partial charge in [-0.1, -0.05) is 25.1 Å². The van der Waals surface area contributed by atoms with Crippen molar-refractivity contribution in [3.05, 3.63) is 58.6 Å². The van der Waals surface area contributed by atoms with Crippen LogP contribution in [0.5, 0.6) is 0 Å². The average Bonchev–Trinajstić information content (AvgIpc) is 3.33. The number of rotatable bonds is 5. The second-order valence-electron chi connectivity index (χ2n) is 8.78. The Balaban J connectivity index is 1.32. The fourth-order valence-corrected chi connectivity index (χ4v) is 7.59. The van der Waals surface area contributed by atoms with Gasteiger partial charge in [-0.2, -0.15) is 4.31 Å². The van der Waals surface area contributed by atoms with Crippen LogP contribution in [0.4, 0.5) is 0 Å². The van der Waals surface area contributed by atoms with Crippen LogP contribution in [-0.2, 0) is 21.2 Å². The third kappa shape index (κ3) is 4.49. The molecule has 0 unspecified atom stereocenters. The summed E-state index contributed by atoms with van der Waals surface area (Å²) in [5.41, 5.74) is 2.20. The standard InChI is InChI=1S/C25H29N3O4S2/c1-2-18-7-8-20(17-23(18)34(30,31)28-13-15-32-16-14-28)25(29)27-11-9-19(10-12-27)24-26-21-5-3-4-6-22(21)33-24/h3-8,17,19H,2,9-16H2,1H3. The summed E-state index contributed by atoms with van der Waals surface area (Å²) >= 11 is 1.74. The van der Waals surface area contributed by atoms with E-state index in [4.69, 9.17) is 9.72 Å². The number of fused-ring (bicyclic) bond motifs is 1. The fourth-order valence-electron chi connectivity index (χ4n) is 4.72. The Hall–Kier alpha value is -2.33. The SMILES string of the molecule is CCc1ccc(C(=O)N2CCC(c3nc4ccccc4s3)CC2)cc1S(=O)(=O)N1CCOCC1. The van der Waals surface area contributed by atoms with Crippen LogP contribution in [0, 0.1) is 0 Å². The summed E-state index contributed by atoms with van der Waals surface area (Å²) in [5, 5.41) is 1.14. The maximum atomic E-state index is 13.3. The van der Waals surface area contributed by atoms with Crippen molar-refractivity contribution in [2.75, 3.05) is 39.4 Å². The molecule has 2 saturated heterocycles. The van der Waals surface area contributed by atoms with Crippen molar-refractivity contribution in [3.8, 4) is 0 Å². The van der Waals surface area contributed by atoms with Gasteiger partial charge in [0.25, 0.3) is 5.91 Å². The number of hydrogen-bond donors (Lipinski definition) is 0. The normalized spacial score (nSPS) is 18.4. The number of thiazole rings is 1. The van der Waals surface area contributed by atoms with Gasteiger partial charge < -0.3 is 9.64 Å². The Morgan fingerprint density at radius 3 is 2.53 bits per heavy atom. The quantitative estimate of drug-likeness (QED) is 0.532. The number of likely N-dealkylation sites (tertiary alicyclic amines) is 1. The van der Waals surface area contributed by atoms with Crippen molar-refractivity contribution >= 4 is 37.5 Å². The van der Waals surface area contributed by atoms with Gasteiger partial charge >= 0.3 is 0 Å². The molecule has 2 aromatic carbocycles. The molecule has 9 heteroatoms. The van der Waals surface area contributed by atoms with E-state index < -0.39 is 10.0 Å². The zero-order chi connectivity index (χ0) is 23.7. The smallest absolute Gasteiger partial charge is 0.253 e. The number of carbonyl (C=O) groups excluding carboxylic acids is 1. The molecule has 0 bridgehead atoms. The van der Waals surface area contributed by atoms with E-state index in [9.17, 15) is 13.2 Å². The lowest BCUT2D eigenvalue weighted by Crippen LogP contribution is -2.41. The van der Waals surface area contributed by atoms with E-state index >= 15 is 0 Å². The highest BCUT2D eigenvalue weighted by Crippen LogP contribution is 2.34. The molecule has 0 atom stereocenters. The topological polar surface area (TPSA) is 79.8 Å². The minimum atomic E-state index is -3.67. The molecule has 0 radical (unpaired) electrons. The summed E-state index contributed by atoms with van der Waals surface area (Å²) in [6.45, 7) is 4.67. The molecule has 0 saturated carbocycles. The van der Waals surface area contributed by atoms with Crippen LogP contribution < -0.4 is 0 Å². The zero-order valence-corrected chi connectivity index (χ0v) is 20.9. The van der Waals surface area contributed by atoms with E-state index in [1.54, 1.807) is 29.5 Å². The van der Waals surface area contributed by atoms with Crippen LogP contribution >= 0.6 is 11.3 Å². The molecule has 5 rings (SSSR count). The molecular weight excluding hydrogens is 470 g/mol. The minimum absolute atomic E-state index is 0.108. The zero-order valence-electron chi connectivity index (χ0n) is 19.3. The van der Waals surface area contributed by atoms with Crippen LogP contribution in [-0.4, -0.2) is 67.9 Å². The first-order valence-electron chi connectivity index (χ1n) is 11.8. The first-order valence-corrected chi connectivity index (χ1v) is 14.1. The van der Waals surface area contributed by atoms with Gasteiger partial charge in [-0.15, -0.1) is 11.3 Å². The number of hydrogen-bond acceptors (Lipinski definition) is 6. The third-order valence-corrected chi connectivity index (χ3v) is 9.90. The molecule has 0 aliphatic carbocycles. The number of ether oxygens (including phenoxy) is 1.